The molecule has 0 radical (unpaired) electrons. The van der Waals surface area contributed by atoms with E-state index in [4.69, 9.17) is 0 Å². The molecule has 0 rings (SSSR count). The Labute approximate surface area is 83.2 Å². The summed E-state index contributed by atoms with van der Waals surface area (Å²) in [5.74, 6) is -11.4. The molecule has 0 aliphatic heterocycles. The van der Waals surface area contributed by atoms with Crippen LogP contribution in [0.4, 0.5) is 39.5 Å². The van der Waals surface area contributed by atoms with Crippen molar-refractivity contribution < 1.29 is 44.3 Å². The topological polar surface area (TPSA) is 9.23 Å². The van der Waals surface area contributed by atoms with E-state index < -0.39 is 30.6 Å². The molecule has 1 nitrogen and oxygen atoms in total. The van der Waals surface area contributed by atoms with E-state index in [2.05, 4.69) is 4.74 Å². The highest BCUT2D eigenvalue weighted by Crippen LogP contribution is 2.49. The van der Waals surface area contributed by atoms with Gasteiger partial charge in [-0.1, -0.05) is 0 Å². The summed E-state index contributed by atoms with van der Waals surface area (Å²) in [6, 6.07) is 0. The maximum atomic E-state index is 12.9. The summed E-state index contributed by atoms with van der Waals surface area (Å²) < 4.78 is 111. The number of hydrogen-bond acceptors (Lipinski definition) is 1. The van der Waals surface area contributed by atoms with E-state index in [9.17, 15) is 39.5 Å². The summed E-state index contributed by atoms with van der Waals surface area (Å²) in [6.07, 6.45) is -15.1. The van der Waals surface area contributed by atoms with Crippen LogP contribution in [-0.2, 0) is 4.74 Å². The van der Waals surface area contributed by atoms with E-state index in [1.165, 1.54) is 0 Å². The van der Waals surface area contributed by atoms with Crippen LogP contribution in [0.5, 0.6) is 0 Å². The molecule has 0 heterocycles. The third-order valence-corrected chi connectivity index (χ3v) is 1.58. The van der Waals surface area contributed by atoms with Crippen LogP contribution in [0.25, 0.3) is 0 Å². The Balaban J connectivity index is 5.26. The first-order valence-corrected chi connectivity index (χ1v) is 3.52. The van der Waals surface area contributed by atoms with Gasteiger partial charge in [-0.25, -0.2) is 4.39 Å². The van der Waals surface area contributed by atoms with E-state index in [-0.39, 0.29) is 7.11 Å². The fourth-order valence-electron chi connectivity index (χ4n) is 0.781. The lowest BCUT2D eigenvalue weighted by atomic mass is 10.1. The van der Waals surface area contributed by atoms with Crippen LogP contribution in [0.2, 0.25) is 0 Å². The lowest BCUT2D eigenvalue weighted by molar-refractivity contribution is -0.393. The molecule has 0 aliphatic rings. The minimum absolute atomic E-state index is 0.00854. The Morgan fingerprint density at radius 2 is 1.19 bits per heavy atom. The third-order valence-electron chi connectivity index (χ3n) is 1.58. The number of alkyl halides is 9. The van der Waals surface area contributed by atoms with Crippen LogP contribution in [0.3, 0.4) is 0 Å². The number of methoxy groups -OCH3 is 1. The minimum atomic E-state index is -6.48. The molecule has 0 saturated carbocycles. The molecule has 0 bridgehead atoms. The predicted octanol–water partition coefficient (Wildman–Crippen LogP) is 3.45. The molecule has 0 amide bonds. The molecule has 0 aromatic carbocycles. The van der Waals surface area contributed by atoms with E-state index in [0.717, 1.165) is 0 Å². The van der Waals surface area contributed by atoms with Gasteiger partial charge >= 0.3 is 18.3 Å². The summed E-state index contributed by atoms with van der Waals surface area (Å²) in [5, 5.41) is 0. The van der Waals surface area contributed by atoms with Gasteiger partial charge in [-0.15, -0.1) is 0 Å². The first kappa shape index (κ1) is 15.3. The second-order valence-electron chi connectivity index (χ2n) is 2.80. The fourth-order valence-corrected chi connectivity index (χ4v) is 0.781. The second-order valence-corrected chi connectivity index (χ2v) is 2.80. The Kier molecular flexibility index (Phi) is 3.80. The Morgan fingerprint density at radius 1 is 0.812 bits per heavy atom. The van der Waals surface area contributed by atoms with Gasteiger partial charge in [-0.3, -0.25) is 0 Å². The maximum Gasteiger partial charge on any atom is 0.459 e. The zero-order valence-electron chi connectivity index (χ0n) is 7.52. The van der Waals surface area contributed by atoms with Crippen LogP contribution in [0.15, 0.2) is 0 Å². The minimum Gasteiger partial charge on any atom is -0.344 e. The van der Waals surface area contributed by atoms with E-state index in [1.807, 2.05) is 0 Å². The normalized spacial score (nSPS) is 18.4. The van der Waals surface area contributed by atoms with Gasteiger partial charge in [0.05, 0.1) is 0 Å². The van der Waals surface area contributed by atoms with Gasteiger partial charge in [0.1, 0.15) is 6.42 Å². The Morgan fingerprint density at radius 3 is 1.38 bits per heavy atom. The lowest BCUT2D eigenvalue weighted by Crippen LogP contribution is -2.57. The highest BCUT2D eigenvalue weighted by atomic mass is 19.4. The smallest absolute Gasteiger partial charge is 0.344 e. The van der Waals surface area contributed by atoms with Gasteiger partial charge in [0.25, 0.3) is 5.85 Å². The first-order chi connectivity index (χ1) is 6.77. The van der Waals surface area contributed by atoms with Crippen LogP contribution >= 0.6 is 0 Å². The zero-order valence-corrected chi connectivity index (χ0v) is 7.52. The molecule has 10 heteroatoms. The fraction of sp³-hybridized carbons (Fsp3) is 1.00. The third kappa shape index (κ3) is 2.92. The summed E-state index contributed by atoms with van der Waals surface area (Å²) in [5.41, 5.74) is 0. The van der Waals surface area contributed by atoms with Gasteiger partial charge in [0.2, 0.25) is 0 Å². The lowest BCUT2D eigenvalue weighted by Gasteiger charge is -2.33. The standard InChI is InChI=1S/C6H5F9O/c1-16-3(7,2-4(8,9)10)5(11,12)6(13,14)15/h2H2,1H3. The van der Waals surface area contributed by atoms with Crippen molar-refractivity contribution in [2.24, 2.45) is 0 Å². The summed E-state index contributed by atoms with van der Waals surface area (Å²) >= 11 is 0. The van der Waals surface area contributed by atoms with Gasteiger partial charge in [-0.05, 0) is 0 Å². The van der Waals surface area contributed by atoms with Gasteiger partial charge in [-0.2, -0.15) is 35.1 Å². The summed E-state index contributed by atoms with van der Waals surface area (Å²) in [4.78, 5) is 0. The second kappa shape index (κ2) is 3.97. The number of rotatable bonds is 3. The molecule has 0 N–H and O–H groups in total. The van der Waals surface area contributed by atoms with Crippen molar-refractivity contribution in [2.75, 3.05) is 7.11 Å². The average Bonchev–Trinajstić information content (AvgIpc) is 1.98. The average molecular weight is 264 g/mol. The molecule has 16 heavy (non-hydrogen) atoms. The Bertz CT molecular complexity index is 241. The van der Waals surface area contributed by atoms with Crippen molar-refractivity contribution in [2.45, 2.75) is 30.6 Å². The van der Waals surface area contributed by atoms with Crippen molar-refractivity contribution in [1.82, 2.24) is 0 Å². The SMILES string of the molecule is COC(F)(CC(F)(F)F)C(F)(F)C(F)(F)F. The van der Waals surface area contributed by atoms with E-state index >= 15 is 0 Å². The largest absolute Gasteiger partial charge is 0.459 e. The van der Waals surface area contributed by atoms with Gasteiger partial charge in [0.15, 0.2) is 0 Å². The van der Waals surface area contributed by atoms with Crippen LogP contribution < -0.4 is 0 Å². The van der Waals surface area contributed by atoms with Crippen molar-refractivity contribution in [3.05, 3.63) is 0 Å². The number of hydrogen-bond donors (Lipinski definition) is 0. The molecule has 0 fully saturated rings. The van der Waals surface area contributed by atoms with Gasteiger partial charge in [0, 0.05) is 7.11 Å². The van der Waals surface area contributed by atoms with E-state index in [0.29, 0.717) is 0 Å². The quantitative estimate of drug-likeness (QED) is 0.709. The van der Waals surface area contributed by atoms with E-state index in [1.54, 1.807) is 0 Å². The molecule has 0 spiro atoms. The molecule has 0 saturated heterocycles. The highest BCUT2D eigenvalue weighted by Gasteiger charge is 2.74. The molecule has 1 atom stereocenters. The zero-order chi connectivity index (χ0) is 13.4. The molecule has 0 aliphatic carbocycles. The summed E-state index contributed by atoms with van der Waals surface area (Å²) in [6.45, 7) is 0. The number of ether oxygens (including phenoxy) is 1. The predicted molar refractivity (Wildman–Crippen MR) is 32.5 cm³/mol. The van der Waals surface area contributed by atoms with Crippen molar-refractivity contribution in [1.29, 1.82) is 0 Å². The van der Waals surface area contributed by atoms with Crippen LogP contribution in [-0.4, -0.2) is 31.2 Å². The summed E-state index contributed by atoms with van der Waals surface area (Å²) in [7, 11) is -0.00854. The monoisotopic (exact) mass is 264 g/mol. The van der Waals surface area contributed by atoms with Gasteiger partial charge < -0.3 is 4.74 Å². The molecule has 0 aromatic heterocycles. The molecule has 98 valence electrons. The molecule has 1 unspecified atom stereocenters. The first-order valence-electron chi connectivity index (χ1n) is 3.52. The maximum absolute atomic E-state index is 12.9. The van der Waals surface area contributed by atoms with Crippen molar-refractivity contribution >= 4 is 0 Å². The van der Waals surface area contributed by atoms with Crippen molar-refractivity contribution in [3.63, 3.8) is 0 Å². The highest BCUT2D eigenvalue weighted by molar-refractivity contribution is 4.93. The number of halogens is 9. The molecule has 0 aromatic rings. The Hall–Kier alpha value is -0.670. The van der Waals surface area contributed by atoms with Crippen LogP contribution in [0, 0.1) is 0 Å². The molecular formula is C6H5F9O. The van der Waals surface area contributed by atoms with Crippen molar-refractivity contribution in [3.8, 4) is 0 Å². The molecular weight excluding hydrogens is 259 g/mol. The van der Waals surface area contributed by atoms with Crippen LogP contribution in [0.1, 0.15) is 6.42 Å².